The topological polar surface area (TPSA) is 24.5 Å². The Balaban J connectivity index is 1.73. The molecule has 0 bridgehead atoms. The second-order valence-electron chi connectivity index (χ2n) is 4.78. The van der Waals surface area contributed by atoms with Crippen molar-refractivity contribution < 1.29 is 17.9 Å². The van der Waals surface area contributed by atoms with Crippen LogP contribution in [0.25, 0.3) is 0 Å². The van der Waals surface area contributed by atoms with Gasteiger partial charge in [-0.3, -0.25) is 4.74 Å². The van der Waals surface area contributed by atoms with E-state index >= 15 is 0 Å². The molecule has 6 heteroatoms. The molecule has 0 spiro atoms. The third kappa shape index (κ3) is 4.12. The van der Waals surface area contributed by atoms with Gasteiger partial charge >= 0.3 is 6.36 Å². The molecule has 1 N–H and O–H groups in total. The predicted molar refractivity (Wildman–Crippen MR) is 57.6 cm³/mol. The Bertz CT molecular complexity index is 233. The third-order valence-electron chi connectivity index (χ3n) is 3.60. The van der Waals surface area contributed by atoms with Crippen molar-refractivity contribution in [2.45, 2.75) is 44.2 Å². The van der Waals surface area contributed by atoms with Gasteiger partial charge in [-0.1, -0.05) is 0 Å². The van der Waals surface area contributed by atoms with Crippen LogP contribution in [-0.2, 0) is 4.74 Å². The molecular weight excluding hydrogens is 233 g/mol. The summed E-state index contributed by atoms with van der Waals surface area (Å²) >= 11 is 0. The third-order valence-corrected chi connectivity index (χ3v) is 3.60. The molecule has 0 amide bonds. The summed E-state index contributed by atoms with van der Waals surface area (Å²) in [4.78, 5) is 2.32. The molecular formula is C11H19F3N2O. The maximum atomic E-state index is 12.0. The Kier molecular flexibility index (Phi) is 4.27. The van der Waals surface area contributed by atoms with Crippen molar-refractivity contribution in [3.63, 3.8) is 0 Å². The summed E-state index contributed by atoms with van der Waals surface area (Å²) in [5, 5.41) is 3.29. The van der Waals surface area contributed by atoms with Crippen LogP contribution >= 0.6 is 0 Å². The maximum Gasteiger partial charge on any atom is 0.522 e. The number of likely N-dealkylation sites (tertiary alicyclic amines) is 1. The number of piperidine rings is 2. The van der Waals surface area contributed by atoms with Gasteiger partial charge in [-0.2, -0.15) is 0 Å². The van der Waals surface area contributed by atoms with Crippen LogP contribution in [0.1, 0.15) is 25.7 Å². The Labute approximate surface area is 99.3 Å². The normalized spacial score (nSPS) is 26.3. The Morgan fingerprint density at radius 1 is 1.00 bits per heavy atom. The average molecular weight is 252 g/mol. The van der Waals surface area contributed by atoms with Crippen molar-refractivity contribution in [1.29, 1.82) is 0 Å². The van der Waals surface area contributed by atoms with E-state index in [-0.39, 0.29) is 0 Å². The van der Waals surface area contributed by atoms with Gasteiger partial charge in [-0.25, -0.2) is 0 Å². The van der Waals surface area contributed by atoms with Gasteiger partial charge < -0.3 is 10.2 Å². The van der Waals surface area contributed by atoms with E-state index in [4.69, 9.17) is 0 Å². The lowest BCUT2D eigenvalue weighted by molar-refractivity contribution is -0.346. The number of rotatable bonds is 2. The van der Waals surface area contributed by atoms with Crippen LogP contribution in [0.15, 0.2) is 0 Å². The van der Waals surface area contributed by atoms with E-state index in [1.54, 1.807) is 0 Å². The number of alkyl halides is 3. The molecule has 3 nitrogen and oxygen atoms in total. The summed E-state index contributed by atoms with van der Waals surface area (Å²) in [6.45, 7) is 3.49. The molecule has 0 aromatic heterocycles. The molecule has 17 heavy (non-hydrogen) atoms. The predicted octanol–water partition coefficient (Wildman–Crippen LogP) is 1.74. The minimum absolute atomic E-state index is 0.490. The van der Waals surface area contributed by atoms with Crippen LogP contribution < -0.4 is 5.32 Å². The first-order chi connectivity index (χ1) is 8.04. The van der Waals surface area contributed by atoms with Crippen molar-refractivity contribution in [3.05, 3.63) is 0 Å². The largest absolute Gasteiger partial charge is 0.522 e. The van der Waals surface area contributed by atoms with Gasteiger partial charge in [0.15, 0.2) is 0 Å². The van der Waals surface area contributed by atoms with E-state index in [1.807, 2.05) is 0 Å². The van der Waals surface area contributed by atoms with Crippen LogP contribution in [0, 0.1) is 0 Å². The van der Waals surface area contributed by atoms with Crippen molar-refractivity contribution in [1.82, 2.24) is 10.2 Å². The number of nitrogens with one attached hydrogen (secondary N) is 1. The van der Waals surface area contributed by atoms with Crippen LogP contribution in [0.4, 0.5) is 13.2 Å². The summed E-state index contributed by atoms with van der Waals surface area (Å²) in [7, 11) is 0. The molecule has 2 aliphatic heterocycles. The van der Waals surface area contributed by atoms with Gasteiger partial charge in [0.25, 0.3) is 0 Å². The highest BCUT2D eigenvalue weighted by Gasteiger charge is 2.35. The van der Waals surface area contributed by atoms with Gasteiger partial charge in [0, 0.05) is 19.1 Å². The van der Waals surface area contributed by atoms with E-state index in [2.05, 4.69) is 15.0 Å². The molecule has 2 heterocycles. The molecule has 0 aromatic carbocycles. The molecule has 0 radical (unpaired) electrons. The zero-order valence-electron chi connectivity index (χ0n) is 9.80. The zero-order chi connectivity index (χ0) is 12.3. The molecule has 2 saturated heterocycles. The first-order valence-corrected chi connectivity index (χ1v) is 6.24. The van der Waals surface area contributed by atoms with Crippen LogP contribution in [0.2, 0.25) is 0 Å². The fourth-order valence-corrected chi connectivity index (χ4v) is 2.72. The van der Waals surface area contributed by atoms with Gasteiger partial charge in [-0.15, -0.1) is 13.2 Å². The lowest BCUT2D eigenvalue weighted by Gasteiger charge is -2.39. The Hall–Kier alpha value is -0.330. The lowest BCUT2D eigenvalue weighted by Crippen LogP contribution is -2.48. The second-order valence-corrected chi connectivity index (χ2v) is 4.78. The molecule has 2 aliphatic rings. The van der Waals surface area contributed by atoms with Crippen molar-refractivity contribution in [2.75, 3.05) is 26.2 Å². The number of ether oxygens (including phenoxy) is 1. The van der Waals surface area contributed by atoms with E-state index in [0.717, 1.165) is 39.0 Å². The minimum atomic E-state index is -4.48. The summed E-state index contributed by atoms with van der Waals surface area (Å²) < 4.78 is 40.2. The van der Waals surface area contributed by atoms with Crippen LogP contribution in [0.3, 0.4) is 0 Å². The fraction of sp³-hybridized carbons (Fsp3) is 1.00. The molecule has 0 aliphatic carbocycles. The smallest absolute Gasteiger partial charge is 0.317 e. The Morgan fingerprint density at radius 2 is 1.59 bits per heavy atom. The highest BCUT2D eigenvalue weighted by molar-refractivity contribution is 4.82. The zero-order valence-corrected chi connectivity index (χ0v) is 9.80. The number of hydrogen-bond acceptors (Lipinski definition) is 3. The van der Waals surface area contributed by atoms with Gasteiger partial charge in [0.1, 0.15) is 0 Å². The summed E-state index contributed by atoms with van der Waals surface area (Å²) in [6, 6.07) is 0.545. The molecule has 0 unspecified atom stereocenters. The monoisotopic (exact) mass is 252 g/mol. The molecule has 0 saturated carbocycles. The van der Waals surface area contributed by atoms with Crippen molar-refractivity contribution in [2.24, 2.45) is 0 Å². The molecule has 100 valence electrons. The van der Waals surface area contributed by atoms with Gasteiger partial charge in [0.05, 0.1) is 6.10 Å². The highest BCUT2D eigenvalue weighted by Crippen LogP contribution is 2.26. The standard InChI is InChI=1S/C11H19F3N2O/c12-11(13,14)17-10-3-7-16(8-4-10)9-1-5-15-6-2-9/h9-10,15H,1-8H2. The van der Waals surface area contributed by atoms with Crippen LogP contribution in [-0.4, -0.2) is 49.6 Å². The van der Waals surface area contributed by atoms with Gasteiger partial charge in [-0.05, 0) is 38.8 Å². The minimum Gasteiger partial charge on any atom is -0.317 e. The summed E-state index contributed by atoms with van der Waals surface area (Å²) in [6.07, 6.45) is -1.95. The average Bonchev–Trinajstić information content (AvgIpc) is 2.29. The molecule has 0 aromatic rings. The van der Waals surface area contributed by atoms with E-state index < -0.39 is 12.5 Å². The van der Waals surface area contributed by atoms with E-state index in [0.29, 0.717) is 18.9 Å². The first kappa shape index (κ1) is 13.1. The van der Waals surface area contributed by atoms with Crippen molar-refractivity contribution in [3.8, 4) is 0 Å². The summed E-state index contributed by atoms with van der Waals surface area (Å²) in [5.41, 5.74) is 0. The highest BCUT2D eigenvalue weighted by atomic mass is 19.4. The maximum absolute atomic E-state index is 12.0. The van der Waals surface area contributed by atoms with E-state index in [1.165, 1.54) is 0 Å². The quantitative estimate of drug-likeness (QED) is 0.810. The fourth-order valence-electron chi connectivity index (χ4n) is 2.72. The lowest BCUT2D eigenvalue weighted by atomic mass is 10.00. The molecule has 2 rings (SSSR count). The molecule has 0 atom stereocenters. The number of nitrogens with zero attached hydrogens (tertiary/aromatic N) is 1. The molecule has 2 fully saturated rings. The number of halogens is 3. The van der Waals surface area contributed by atoms with Crippen molar-refractivity contribution >= 4 is 0 Å². The first-order valence-electron chi connectivity index (χ1n) is 6.24. The van der Waals surface area contributed by atoms with Gasteiger partial charge in [0.2, 0.25) is 0 Å². The second kappa shape index (κ2) is 5.54. The van der Waals surface area contributed by atoms with E-state index in [9.17, 15) is 13.2 Å². The SMILES string of the molecule is FC(F)(F)OC1CCN(C2CCNCC2)CC1. The Morgan fingerprint density at radius 3 is 2.12 bits per heavy atom. The summed E-state index contributed by atoms with van der Waals surface area (Å²) in [5.74, 6) is 0. The van der Waals surface area contributed by atoms with Crippen LogP contribution in [0.5, 0.6) is 0 Å². The number of hydrogen-bond donors (Lipinski definition) is 1.